The van der Waals surface area contributed by atoms with Crippen LogP contribution >= 0.6 is 0 Å². The molecule has 2 aromatic carbocycles. The number of halogens is 1. The molecule has 138 valence electrons. The summed E-state index contributed by atoms with van der Waals surface area (Å²) in [5.41, 5.74) is 4.29. The standard InChI is InChI=1S/C22H23FN4/c1-24-22(26-14-12-17-8-10-20(23)11-9-17)27-16-18-5-4-6-19(15-18)21-7-2-3-13-25-21/h2-11,13,15H,12,14,16H2,1H3,(H2,24,26,27). The molecule has 0 amide bonds. The van der Waals surface area contributed by atoms with E-state index in [2.05, 4.69) is 38.8 Å². The SMILES string of the molecule is CN=C(NCCc1ccc(F)cc1)NCc1cccc(-c2ccccn2)c1. The van der Waals surface area contributed by atoms with Crippen LogP contribution < -0.4 is 10.6 Å². The Labute approximate surface area is 159 Å². The van der Waals surface area contributed by atoms with Crippen molar-refractivity contribution < 1.29 is 4.39 Å². The van der Waals surface area contributed by atoms with E-state index in [0.29, 0.717) is 6.54 Å². The molecule has 0 spiro atoms. The van der Waals surface area contributed by atoms with E-state index < -0.39 is 0 Å². The molecule has 27 heavy (non-hydrogen) atoms. The van der Waals surface area contributed by atoms with Crippen molar-refractivity contribution in [3.63, 3.8) is 0 Å². The number of nitrogens with one attached hydrogen (secondary N) is 2. The van der Waals surface area contributed by atoms with Gasteiger partial charge in [-0.2, -0.15) is 0 Å². The van der Waals surface area contributed by atoms with Crippen LogP contribution in [0, 0.1) is 5.82 Å². The first kappa shape index (κ1) is 18.6. The summed E-state index contributed by atoms with van der Waals surface area (Å²) in [6, 6.07) is 20.8. The number of pyridine rings is 1. The highest BCUT2D eigenvalue weighted by Gasteiger charge is 2.02. The van der Waals surface area contributed by atoms with Crippen LogP contribution in [-0.4, -0.2) is 24.5 Å². The van der Waals surface area contributed by atoms with Gasteiger partial charge in [0.15, 0.2) is 5.96 Å². The molecule has 0 fully saturated rings. The molecule has 1 aromatic heterocycles. The summed E-state index contributed by atoms with van der Waals surface area (Å²) in [7, 11) is 1.75. The second-order valence-corrected chi connectivity index (χ2v) is 6.14. The topological polar surface area (TPSA) is 49.3 Å². The third kappa shape index (κ3) is 5.64. The number of hydrogen-bond donors (Lipinski definition) is 2. The molecular weight excluding hydrogens is 339 g/mol. The molecule has 3 rings (SSSR count). The number of rotatable bonds is 6. The third-order valence-electron chi connectivity index (χ3n) is 4.19. The van der Waals surface area contributed by atoms with Gasteiger partial charge in [0, 0.05) is 31.9 Å². The molecule has 4 nitrogen and oxygen atoms in total. The van der Waals surface area contributed by atoms with Crippen LogP contribution in [0.4, 0.5) is 4.39 Å². The molecule has 2 N–H and O–H groups in total. The Morgan fingerprint density at radius 1 is 0.963 bits per heavy atom. The van der Waals surface area contributed by atoms with Crippen LogP contribution in [0.2, 0.25) is 0 Å². The summed E-state index contributed by atoms with van der Waals surface area (Å²) >= 11 is 0. The van der Waals surface area contributed by atoms with Gasteiger partial charge in [-0.15, -0.1) is 0 Å². The lowest BCUT2D eigenvalue weighted by Crippen LogP contribution is -2.37. The molecule has 0 unspecified atom stereocenters. The predicted octanol–water partition coefficient (Wildman–Crippen LogP) is 3.80. The third-order valence-corrected chi connectivity index (χ3v) is 4.19. The molecule has 0 atom stereocenters. The molecular formula is C22H23FN4. The van der Waals surface area contributed by atoms with Crippen LogP contribution in [-0.2, 0) is 13.0 Å². The van der Waals surface area contributed by atoms with Gasteiger partial charge in [-0.1, -0.05) is 36.4 Å². The van der Waals surface area contributed by atoms with E-state index in [1.54, 1.807) is 25.4 Å². The van der Waals surface area contributed by atoms with Crippen molar-refractivity contribution in [3.8, 4) is 11.3 Å². The van der Waals surface area contributed by atoms with Gasteiger partial charge in [0.05, 0.1) is 5.69 Å². The van der Waals surface area contributed by atoms with Crippen molar-refractivity contribution in [2.75, 3.05) is 13.6 Å². The molecule has 5 heteroatoms. The van der Waals surface area contributed by atoms with Crippen molar-refractivity contribution in [2.24, 2.45) is 4.99 Å². The molecule has 0 saturated carbocycles. The second-order valence-electron chi connectivity index (χ2n) is 6.14. The number of aromatic nitrogens is 1. The number of benzene rings is 2. The number of aliphatic imine (C=N–C) groups is 1. The van der Waals surface area contributed by atoms with Gasteiger partial charge >= 0.3 is 0 Å². The maximum absolute atomic E-state index is 12.9. The monoisotopic (exact) mass is 362 g/mol. The van der Waals surface area contributed by atoms with E-state index in [4.69, 9.17) is 0 Å². The van der Waals surface area contributed by atoms with Gasteiger partial charge in [0.1, 0.15) is 5.82 Å². The number of guanidine groups is 1. The van der Waals surface area contributed by atoms with Crippen molar-refractivity contribution in [3.05, 3.63) is 89.9 Å². The molecule has 3 aromatic rings. The van der Waals surface area contributed by atoms with E-state index >= 15 is 0 Å². The summed E-state index contributed by atoms with van der Waals surface area (Å²) < 4.78 is 12.9. The fourth-order valence-electron chi connectivity index (χ4n) is 2.76. The Hall–Kier alpha value is -3.21. The first-order valence-corrected chi connectivity index (χ1v) is 8.94. The highest BCUT2D eigenvalue weighted by molar-refractivity contribution is 5.79. The average molecular weight is 362 g/mol. The highest BCUT2D eigenvalue weighted by Crippen LogP contribution is 2.17. The Balaban J connectivity index is 1.51. The smallest absolute Gasteiger partial charge is 0.191 e. The lowest BCUT2D eigenvalue weighted by molar-refractivity contribution is 0.626. The Morgan fingerprint density at radius 3 is 2.56 bits per heavy atom. The maximum atomic E-state index is 12.9. The van der Waals surface area contributed by atoms with Crippen LogP contribution in [0.5, 0.6) is 0 Å². The largest absolute Gasteiger partial charge is 0.356 e. The summed E-state index contributed by atoms with van der Waals surface area (Å²) in [5.74, 6) is 0.525. The molecule has 1 heterocycles. The average Bonchev–Trinajstić information content (AvgIpc) is 2.73. The zero-order valence-electron chi connectivity index (χ0n) is 15.3. The minimum atomic E-state index is -0.211. The lowest BCUT2D eigenvalue weighted by atomic mass is 10.1. The van der Waals surface area contributed by atoms with Crippen LogP contribution in [0.3, 0.4) is 0 Å². The normalized spacial score (nSPS) is 11.3. The van der Waals surface area contributed by atoms with E-state index in [-0.39, 0.29) is 5.82 Å². The van der Waals surface area contributed by atoms with Gasteiger partial charge in [-0.05, 0) is 47.9 Å². The van der Waals surface area contributed by atoms with Gasteiger partial charge in [-0.25, -0.2) is 4.39 Å². The van der Waals surface area contributed by atoms with Crippen LogP contribution in [0.1, 0.15) is 11.1 Å². The minimum Gasteiger partial charge on any atom is -0.356 e. The quantitative estimate of drug-likeness (QED) is 0.518. The summed E-state index contributed by atoms with van der Waals surface area (Å²) in [6.45, 7) is 1.39. The van der Waals surface area contributed by atoms with Crippen molar-refractivity contribution in [1.82, 2.24) is 15.6 Å². The fourth-order valence-corrected chi connectivity index (χ4v) is 2.76. The van der Waals surface area contributed by atoms with E-state index in [1.165, 1.54) is 12.1 Å². The van der Waals surface area contributed by atoms with E-state index in [1.807, 2.05) is 24.3 Å². The summed E-state index contributed by atoms with van der Waals surface area (Å²) in [6.07, 6.45) is 2.60. The maximum Gasteiger partial charge on any atom is 0.191 e. The first-order valence-electron chi connectivity index (χ1n) is 8.94. The van der Waals surface area contributed by atoms with Gasteiger partial charge in [0.25, 0.3) is 0 Å². The molecule has 0 aliphatic rings. The molecule has 0 aliphatic heterocycles. The minimum absolute atomic E-state index is 0.211. The number of nitrogens with zero attached hydrogens (tertiary/aromatic N) is 2. The molecule has 0 saturated heterocycles. The lowest BCUT2D eigenvalue weighted by Gasteiger charge is -2.12. The zero-order chi connectivity index (χ0) is 18.9. The number of hydrogen-bond acceptors (Lipinski definition) is 2. The van der Waals surface area contributed by atoms with Gasteiger partial charge in [0.2, 0.25) is 0 Å². The Bertz CT molecular complexity index is 876. The zero-order valence-corrected chi connectivity index (χ0v) is 15.3. The van der Waals surface area contributed by atoms with Gasteiger partial charge in [-0.3, -0.25) is 9.98 Å². The van der Waals surface area contributed by atoms with Crippen molar-refractivity contribution >= 4 is 5.96 Å². The fraction of sp³-hybridized carbons (Fsp3) is 0.182. The highest BCUT2D eigenvalue weighted by atomic mass is 19.1. The summed E-state index contributed by atoms with van der Waals surface area (Å²) in [4.78, 5) is 8.65. The Morgan fingerprint density at radius 2 is 1.81 bits per heavy atom. The molecule has 0 radical (unpaired) electrons. The molecule has 0 aliphatic carbocycles. The Kier molecular flexibility index (Phi) is 6.52. The summed E-state index contributed by atoms with van der Waals surface area (Å²) in [5, 5.41) is 6.60. The van der Waals surface area contributed by atoms with Crippen molar-refractivity contribution in [1.29, 1.82) is 0 Å². The van der Waals surface area contributed by atoms with Crippen LogP contribution in [0.15, 0.2) is 77.9 Å². The van der Waals surface area contributed by atoms with Crippen LogP contribution in [0.25, 0.3) is 11.3 Å². The van der Waals surface area contributed by atoms with E-state index in [0.717, 1.165) is 41.3 Å². The van der Waals surface area contributed by atoms with Gasteiger partial charge < -0.3 is 10.6 Å². The first-order chi connectivity index (χ1) is 13.2. The van der Waals surface area contributed by atoms with E-state index in [9.17, 15) is 4.39 Å². The predicted molar refractivity (Wildman–Crippen MR) is 108 cm³/mol. The second kappa shape index (κ2) is 9.48. The molecule has 0 bridgehead atoms. The van der Waals surface area contributed by atoms with Crippen molar-refractivity contribution in [2.45, 2.75) is 13.0 Å².